The molecule has 0 radical (unpaired) electrons. The molecule has 192 valence electrons. The van der Waals surface area contributed by atoms with Gasteiger partial charge in [0.25, 0.3) is 5.91 Å². The summed E-state index contributed by atoms with van der Waals surface area (Å²) in [6, 6.07) is 35.9. The van der Waals surface area contributed by atoms with Gasteiger partial charge in [-0.2, -0.15) is 0 Å². The van der Waals surface area contributed by atoms with Gasteiger partial charge in [-0.15, -0.1) is 0 Å². The fourth-order valence-corrected chi connectivity index (χ4v) is 6.53. The van der Waals surface area contributed by atoms with Crippen LogP contribution in [-0.4, -0.2) is 30.1 Å². The number of likely N-dealkylation sites (tertiary alicyclic amines) is 1. The van der Waals surface area contributed by atoms with E-state index >= 15 is 0 Å². The average molecular weight is 503 g/mol. The van der Waals surface area contributed by atoms with E-state index in [9.17, 15) is 4.79 Å². The van der Waals surface area contributed by atoms with E-state index in [0.717, 1.165) is 25.1 Å². The molecule has 0 spiro atoms. The molecule has 2 atom stereocenters. The van der Waals surface area contributed by atoms with E-state index in [0.29, 0.717) is 6.54 Å². The third-order valence-electron chi connectivity index (χ3n) is 8.10. The van der Waals surface area contributed by atoms with E-state index in [2.05, 4.69) is 96.4 Å². The molecule has 4 aromatic rings. The zero-order valence-corrected chi connectivity index (χ0v) is 22.1. The van der Waals surface area contributed by atoms with E-state index in [1.165, 1.54) is 33.5 Å². The number of hydrogen-bond acceptors (Lipinski definition) is 3. The Kier molecular flexibility index (Phi) is 6.40. The van der Waals surface area contributed by atoms with Crippen LogP contribution in [0, 0.1) is 13.8 Å². The second-order valence-corrected chi connectivity index (χ2v) is 10.8. The van der Waals surface area contributed by atoms with Gasteiger partial charge in [0.1, 0.15) is 11.9 Å². The molecule has 4 nitrogen and oxygen atoms in total. The van der Waals surface area contributed by atoms with Crippen LogP contribution in [-0.2, 0) is 23.2 Å². The summed E-state index contributed by atoms with van der Waals surface area (Å²) >= 11 is 0. The van der Waals surface area contributed by atoms with Crippen LogP contribution in [0.5, 0.6) is 5.75 Å². The molecule has 1 fully saturated rings. The van der Waals surface area contributed by atoms with Crippen LogP contribution < -0.4 is 9.64 Å². The van der Waals surface area contributed by atoms with Crippen LogP contribution in [0.4, 0.5) is 5.69 Å². The molecular weight excluding hydrogens is 468 g/mol. The van der Waals surface area contributed by atoms with Crippen LogP contribution in [0.3, 0.4) is 0 Å². The van der Waals surface area contributed by atoms with E-state index in [4.69, 9.17) is 4.74 Å². The number of rotatable bonds is 7. The molecule has 4 aromatic carbocycles. The fourth-order valence-electron chi connectivity index (χ4n) is 6.53. The molecule has 0 bridgehead atoms. The topological polar surface area (TPSA) is 32.8 Å². The highest BCUT2D eigenvalue weighted by Crippen LogP contribution is 2.54. The zero-order valence-electron chi connectivity index (χ0n) is 22.1. The molecule has 0 saturated carbocycles. The number of carbonyl (C=O) groups is 1. The third kappa shape index (κ3) is 4.45. The Balaban J connectivity index is 1.39. The Morgan fingerprint density at radius 2 is 1.53 bits per heavy atom. The van der Waals surface area contributed by atoms with Crippen molar-refractivity contribution in [1.29, 1.82) is 0 Å². The molecule has 1 saturated heterocycles. The van der Waals surface area contributed by atoms with Gasteiger partial charge in [0.15, 0.2) is 6.61 Å². The van der Waals surface area contributed by atoms with Gasteiger partial charge in [-0.05, 0) is 61.6 Å². The second-order valence-electron chi connectivity index (χ2n) is 10.8. The number of ether oxygens (including phenoxy) is 1. The highest BCUT2D eigenvalue weighted by atomic mass is 16.5. The number of hydrogen-bond donors (Lipinski definition) is 0. The SMILES string of the molecule is Cc1cccc(CN2c3ccccc3C3(Cc4cccc(C)c4)CCN(C(=O)COc4ccccc4)C23)c1. The van der Waals surface area contributed by atoms with Gasteiger partial charge in [-0.1, -0.05) is 96.1 Å². The first-order chi connectivity index (χ1) is 18.5. The van der Waals surface area contributed by atoms with Gasteiger partial charge in [0.2, 0.25) is 0 Å². The molecule has 2 aliphatic heterocycles. The van der Waals surface area contributed by atoms with Crippen LogP contribution in [0.2, 0.25) is 0 Å². The number of fused-ring (bicyclic) bond motifs is 3. The van der Waals surface area contributed by atoms with Gasteiger partial charge >= 0.3 is 0 Å². The van der Waals surface area contributed by atoms with Gasteiger partial charge in [0, 0.05) is 24.2 Å². The first kappa shape index (κ1) is 24.3. The minimum atomic E-state index is -0.184. The van der Waals surface area contributed by atoms with E-state index in [1.54, 1.807) is 0 Å². The predicted octanol–water partition coefficient (Wildman–Crippen LogP) is 6.44. The second kappa shape index (κ2) is 10.0. The molecule has 4 heteroatoms. The lowest BCUT2D eigenvalue weighted by atomic mass is 9.74. The van der Waals surface area contributed by atoms with Crippen molar-refractivity contribution in [2.75, 3.05) is 18.1 Å². The molecule has 0 aromatic heterocycles. The van der Waals surface area contributed by atoms with Crippen LogP contribution in [0.15, 0.2) is 103 Å². The van der Waals surface area contributed by atoms with Crippen LogP contribution >= 0.6 is 0 Å². The smallest absolute Gasteiger partial charge is 0.262 e. The fraction of sp³-hybridized carbons (Fsp3) is 0.265. The lowest BCUT2D eigenvalue weighted by Crippen LogP contribution is -2.53. The predicted molar refractivity (Wildman–Crippen MR) is 152 cm³/mol. The number of aryl methyl sites for hydroxylation is 2. The molecule has 2 heterocycles. The molecule has 1 amide bonds. The quantitative estimate of drug-likeness (QED) is 0.291. The minimum Gasteiger partial charge on any atom is -0.484 e. The van der Waals surface area contributed by atoms with Gasteiger partial charge in [-0.25, -0.2) is 0 Å². The van der Waals surface area contributed by atoms with Crippen molar-refractivity contribution < 1.29 is 9.53 Å². The highest BCUT2D eigenvalue weighted by Gasteiger charge is 2.58. The summed E-state index contributed by atoms with van der Waals surface area (Å²) in [6.07, 6.45) is 1.74. The Hall–Kier alpha value is -4.05. The normalized spacial score (nSPS) is 19.8. The van der Waals surface area contributed by atoms with Crippen molar-refractivity contribution in [2.45, 2.75) is 44.8 Å². The van der Waals surface area contributed by atoms with Crippen LogP contribution in [0.25, 0.3) is 0 Å². The van der Waals surface area contributed by atoms with Crippen molar-refractivity contribution in [3.8, 4) is 5.75 Å². The summed E-state index contributed by atoms with van der Waals surface area (Å²) in [7, 11) is 0. The first-order valence-corrected chi connectivity index (χ1v) is 13.5. The molecule has 0 aliphatic carbocycles. The molecule has 38 heavy (non-hydrogen) atoms. The third-order valence-corrected chi connectivity index (χ3v) is 8.10. The van der Waals surface area contributed by atoms with Crippen molar-refractivity contribution in [2.24, 2.45) is 0 Å². The molecule has 6 rings (SSSR count). The van der Waals surface area contributed by atoms with Crippen molar-refractivity contribution >= 4 is 11.6 Å². The van der Waals surface area contributed by atoms with E-state index in [-0.39, 0.29) is 24.1 Å². The van der Waals surface area contributed by atoms with Crippen LogP contribution in [0.1, 0.15) is 34.2 Å². The number of para-hydroxylation sites is 2. The summed E-state index contributed by atoms with van der Waals surface area (Å²) in [5.74, 6) is 0.754. The number of anilines is 1. The van der Waals surface area contributed by atoms with Gasteiger partial charge in [-0.3, -0.25) is 4.79 Å². The van der Waals surface area contributed by atoms with E-state index < -0.39 is 0 Å². The summed E-state index contributed by atoms with van der Waals surface area (Å²) in [6.45, 7) is 5.79. The number of nitrogens with zero attached hydrogens (tertiary/aromatic N) is 2. The number of amides is 1. The maximum atomic E-state index is 13.8. The number of carbonyl (C=O) groups excluding carboxylic acids is 1. The monoisotopic (exact) mass is 502 g/mol. The Morgan fingerprint density at radius 1 is 0.842 bits per heavy atom. The highest BCUT2D eigenvalue weighted by molar-refractivity contribution is 5.81. The van der Waals surface area contributed by atoms with Gasteiger partial charge < -0.3 is 14.5 Å². The summed E-state index contributed by atoms with van der Waals surface area (Å²) in [5.41, 5.74) is 7.48. The molecule has 0 N–H and O–H groups in total. The largest absolute Gasteiger partial charge is 0.484 e. The number of benzene rings is 4. The lowest BCUT2D eigenvalue weighted by molar-refractivity contribution is -0.134. The summed E-state index contributed by atoms with van der Waals surface area (Å²) in [5, 5.41) is 0. The lowest BCUT2D eigenvalue weighted by Gasteiger charge is -2.38. The molecular formula is C34H34N2O2. The molecule has 2 aliphatic rings. The Bertz CT molecular complexity index is 1450. The van der Waals surface area contributed by atoms with E-state index in [1.807, 2.05) is 30.3 Å². The van der Waals surface area contributed by atoms with Crippen molar-refractivity contribution in [1.82, 2.24) is 4.90 Å². The van der Waals surface area contributed by atoms with Crippen molar-refractivity contribution in [3.63, 3.8) is 0 Å². The maximum absolute atomic E-state index is 13.8. The standard InChI is InChI=1S/C34H34N2O2/c1-25-10-8-12-27(20-25)22-34-18-19-35(32(37)24-38-29-14-4-3-5-15-29)33(34)36(31-17-7-6-16-30(31)34)23-28-13-9-11-26(2)21-28/h3-17,20-21,33H,18-19,22-24H2,1-2H3. The molecule has 2 unspecified atom stereocenters. The maximum Gasteiger partial charge on any atom is 0.262 e. The summed E-state index contributed by atoms with van der Waals surface area (Å²) < 4.78 is 5.93. The summed E-state index contributed by atoms with van der Waals surface area (Å²) in [4.78, 5) is 18.3. The van der Waals surface area contributed by atoms with Gasteiger partial charge in [0.05, 0.1) is 0 Å². The van der Waals surface area contributed by atoms with Crippen molar-refractivity contribution in [3.05, 3.63) is 131 Å². The minimum absolute atomic E-state index is 0.0343. The first-order valence-electron chi connectivity index (χ1n) is 13.5. The zero-order chi connectivity index (χ0) is 26.1. The average Bonchev–Trinajstić information content (AvgIpc) is 3.41. The Labute approximate surface area is 225 Å². The Morgan fingerprint density at radius 3 is 2.29 bits per heavy atom.